The van der Waals surface area contributed by atoms with Gasteiger partial charge in [-0.3, -0.25) is 0 Å². The summed E-state index contributed by atoms with van der Waals surface area (Å²) in [5.41, 5.74) is 1.06. The highest BCUT2D eigenvalue weighted by molar-refractivity contribution is 5.89. The second-order valence-corrected chi connectivity index (χ2v) is 7.92. The molecule has 2 aromatic rings. The van der Waals surface area contributed by atoms with Crippen LogP contribution in [0.25, 0.3) is 10.9 Å². The molecule has 0 radical (unpaired) electrons. The summed E-state index contributed by atoms with van der Waals surface area (Å²) in [5.74, 6) is 4.01. The number of hydrogen-bond acceptors (Lipinski definition) is 3. The van der Waals surface area contributed by atoms with E-state index in [4.69, 9.17) is 9.97 Å². The van der Waals surface area contributed by atoms with Crippen molar-refractivity contribution in [1.82, 2.24) is 9.97 Å². The molecule has 1 aromatic heterocycles. The number of aromatic nitrogens is 2. The van der Waals surface area contributed by atoms with Gasteiger partial charge in [-0.2, -0.15) is 0 Å². The smallest absolute Gasteiger partial charge is 0.139 e. The van der Waals surface area contributed by atoms with E-state index in [1.807, 2.05) is 13.8 Å². The van der Waals surface area contributed by atoms with Crippen LogP contribution in [0.1, 0.15) is 78.0 Å². The van der Waals surface area contributed by atoms with Gasteiger partial charge in [-0.1, -0.05) is 77.8 Å². The Balaban J connectivity index is 0.00000126. The number of nitrogens with zero attached hydrogens (tertiary/aromatic N) is 3. The van der Waals surface area contributed by atoms with Crippen LogP contribution in [-0.2, 0) is 6.42 Å². The summed E-state index contributed by atoms with van der Waals surface area (Å²) < 4.78 is 0. The predicted molar refractivity (Wildman–Crippen MR) is 119 cm³/mol. The molecule has 3 rings (SSSR count). The van der Waals surface area contributed by atoms with E-state index < -0.39 is 0 Å². The molecule has 1 heterocycles. The Kier molecular flexibility index (Phi) is 9.03. The van der Waals surface area contributed by atoms with E-state index in [0.29, 0.717) is 0 Å². The standard InChI is InChI=1S/C22H33N3.C2H6/c1-4-17-13-15-18(16-14-17)9-5-8-12-21-23-20-11-7-6-10-19(20)22(24-21)25(2)3;1-2/h6-7,10-11,17-18H,4-5,8-9,12-16H2,1-3H3;1-2H3. The van der Waals surface area contributed by atoms with Crippen molar-refractivity contribution in [2.24, 2.45) is 11.8 Å². The van der Waals surface area contributed by atoms with E-state index in [-0.39, 0.29) is 0 Å². The van der Waals surface area contributed by atoms with Gasteiger partial charge in [0.15, 0.2) is 0 Å². The number of unbranched alkanes of at least 4 members (excludes halogenated alkanes) is 1. The van der Waals surface area contributed by atoms with Gasteiger partial charge < -0.3 is 4.90 Å². The lowest BCUT2D eigenvalue weighted by atomic mass is 9.79. The first-order chi connectivity index (χ1) is 13.2. The quantitative estimate of drug-likeness (QED) is 0.511. The summed E-state index contributed by atoms with van der Waals surface area (Å²) in [5, 5.41) is 1.14. The van der Waals surface area contributed by atoms with Gasteiger partial charge in [0.1, 0.15) is 11.6 Å². The fourth-order valence-corrected chi connectivity index (χ4v) is 4.20. The molecule has 0 bridgehead atoms. The van der Waals surface area contributed by atoms with Crippen LogP contribution >= 0.6 is 0 Å². The van der Waals surface area contributed by atoms with Crippen LogP contribution in [0.5, 0.6) is 0 Å². The number of benzene rings is 1. The molecular weight excluding hydrogens is 330 g/mol. The normalized spacial score (nSPS) is 19.4. The first kappa shape index (κ1) is 21.7. The number of rotatable bonds is 7. The molecule has 3 nitrogen and oxygen atoms in total. The lowest BCUT2D eigenvalue weighted by molar-refractivity contribution is 0.254. The van der Waals surface area contributed by atoms with Gasteiger partial charge in [-0.25, -0.2) is 9.97 Å². The predicted octanol–water partition coefficient (Wildman–Crippen LogP) is 6.65. The second kappa shape index (κ2) is 11.3. The average molecular weight is 370 g/mol. The third-order valence-electron chi connectivity index (χ3n) is 5.86. The van der Waals surface area contributed by atoms with Crippen molar-refractivity contribution in [2.45, 2.75) is 78.6 Å². The Bertz CT molecular complexity index is 672. The highest BCUT2D eigenvalue weighted by Crippen LogP contribution is 2.33. The lowest BCUT2D eigenvalue weighted by Crippen LogP contribution is -2.14. The molecule has 0 spiro atoms. The van der Waals surface area contributed by atoms with Crippen LogP contribution in [0, 0.1) is 11.8 Å². The van der Waals surface area contributed by atoms with Gasteiger partial charge in [-0.15, -0.1) is 0 Å². The third-order valence-corrected chi connectivity index (χ3v) is 5.86. The molecule has 3 heteroatoms. The van der Waals surface area contributed by atoms with Gasteiger partial charge in [0.25, 0.3) is 0 Å². The first-order valence-corrected chi connectivity index (χ1v) is 11.1. The molecule has 150 valence electrons. The molecule has 1 aliphatic carbocycles. The Morgan fingerprint density at radius 3 is 2.26 bits per heavy atom. The number of para-hydroxylation sites is 1. The Hall–Kier alpha value is -1.64. The maximum Gasteiger partial charge on any atom is 0.139 e. The van der Waals surface area contributed by atoms with Crippen molar-refractivity contribution >= 4 is 16.7 Å². The molecular formula is C24H39N3. The van der Waals surface area contributed by atoms with Crippen LogP contribution in [-0.4, -0.2) is 24.1 Å². The van der Waals surface area contributed by atoms with Gasteiger partial charge in [0.05, 0.1) is 5.52 Å². The largest absolute Gasteiger partial charge is 0.362 e. The summed E-state index contributed by atoms with van der Waals surface area (Å²) in [4.78, 5) is 11.7. The van der Waals surface area contributed by atoms with Crippen molar-refractivity contribution in [3.63, 3.8) is 0 Å². The second-order valence-electron chi connectivity index (χ2n) is 7.92. The van der Waals surface area contributed by atoms with Crippen LogP contribution in [0.15, 0.2) is 24.3 Å². The van der Waals surface area contributed by atoms with Gasteiger partial charge in [0.2, 0.25) is 0 Å². The molecule has 1 aliphatic rings. The van der Waals surface area contributed by atoms with Crippen molar-refractivity contribution in [1.29, 1.82) is 0 Å². The number of anilines is 1. The average Bonchev–Trinajstić information content (AvgIpc) is 2.72. The molecule has 0 atom stereocenters. The van der Waals surface area contributed by atoms with E-state index in [1.54, 1.807) is 0 Å². The van der Waals surface area contributed by atoms with Crippen LogP contribution < -0.4 is 4.90 Å². The van der Waals surface area contributed by atoms with E-state index in [0.717, 1.165) is 40.8 Å². The highest BCUT2D eigenvalue weighted by atomic mass is 15.1. The molecule has 27 heavy (non-hydrogen) atoms. The van der Waals surface area contributed by atoms with Crippen LogP contribution in [0.2, 0.25) is 0 Å². The number of aryl methyl sites for hydroxylation is 1. The molecule has 0 amide bonds. The third kappa shape index (κ3) is 6.19. The minimum absolute atomic E-state index is 0.970. The highest BCUT2D eigenvalue weighted by Gasteiger charge is 2.19. The zero-order valence-electron chi connectivity index (χ0n) is 18.2. The van der Waals surface area contributed by atoms with E-state index in [1.165, 1.54) is 51.4 Å². The summed E-state index contributed by atoms with van der Waals surface area (Å²) in [6.07, 6.45) is 12.1. The molecule has 0 N–H and O–H groups in total. The number of fused-ring (bicyclic) bond motifs is 1. The Morgan fingerprint density at radius 1 is 0.926 bits per heavy atom. The summed E-state index contributed by atoms with van der Waals surface area (Å²) in [6, 6.07) is 8.33. The van der Waals surface area contributed by atoms with Gasteiger partial charge in [0, 0.05) is 25.9 Å². The van der Waals surface area contributed by atoms with E-state index in [2.05, 4.69) is 50.2 Å². The molecule has 0 unspecified atom stereocenters. The minimum Gasteiger partial charge on any atom is -0.362 e. The van der Waals surface area contributed by atoms with Crippen molar-refractivity contribution in [3.8, 4) is 0 Å². The SMILES string of the molecule is CC.CCC1CCC(CCCCc2nc(N(C)C)c3ccccc3n2)CC1. The lowest BCUT2D eigenvalue weighted by Gasteiger charge is -2.27. The zero-order chi connectivity index (χ0) is 19.6. The summed E-state index contributed by atoms with van der Waals surface area (Å²) in [6.45, 7) is 6.34. The molecule has 0 aliphatic heterocycles. The summed E-state index contributed by atoms with van der Waals surface area (Å²) >= 11 is 0. The first-order valence-electron chi connectivity index (χ1n) is 11.1. The molecule has 1 fully saturated rings. The van der Waals surface area contributed by atoms with Gasteiger partial charge in [-0.05, 0) is 30.4 Å². The van der Waals surface area contributed by atoms with E-state index >= 15 is 0 Å². The van der Waals surface area contributed by atoms with E-state index in [9.17, 15) is 0 Å². The maximum atomic E-state index is 4.82. The fourth-order valence-electron chi connectivity index (χ4n) is 4.20. The maximum absolute atomic E-state index is 4.82. The van der Waals surface area contributed by atoms with Gasteiger partial charge >= 0.3 is 0 Å². The fraction of sp³-hybridized carbons (Fsp3) is 0.667. The topological polar surface area (TPSA) is 29.0 Å². The van der Waals surface area contributed by atoms with Crippen LogP contribution in [0.3, 0.4) is 0 Å². The molecule has 1 aromatic carbocycles. The monoisotopic (exact) mass is 369 g/mol. The molecule has 1 saturated carbocycles. The number of hydrogen-bond donors (Lipinski definition) is 0. The Labute approximate surface area is 166 Å². The van der Waals surface area contributed by atoms with Crippen molar-refractivity contribution in [2.75, 3.05) is 19.0 Å². The van der Waals surface area contributed by atoms with Crippen LogP contribution in [0.4, 0.5) is 5.82 Å². The minimum atomic E-state index is 0.970. The molecule has 0 saturated heterocycles. The van der Waals surface area contributed by atoms with Crippen molar-refractivity contribution in [3.05, 3.63) is 30.1 Å². The Morgan fingerprint density at radius 2 is 1.59 bits per heavy atom. The summed E-state index contributed by atoms with van der Waals surface area (Å²) in [7, 11) is 4.12. The zero-order valence-corrected chi connectivity index (χ0v) is 18.2. The van der Waals surface area contributed by atoms with Crippen molar-refractivity contribution < 1.29 is 0 Å².